The minimum atomic E-state index is -0.0459. The molecule has 1 aromatic carbocycles. The number of carbonyl (C=O) groups excluding carboxylic acids is 1. The van der Waals surface area contributed by atoms with E-state index >= 15 is 0 Å². The number of benzene rings is 1. The minimum absolute atomic E-state index is 0.0459. The van der Waals surface area contributed by atoms with Crippen molar-refractivity contribution in [1.29, 1.82) is 0 Å². The van der Waals surface area contributed by atoms with Crippen LogP contribution in [-0.2, 0) is 4.74 Å². The second-order valence-corrected chi connectivity index (χ2v) is 5.49. The van der Waals surface area contributed by atoms with Gasteiger partial charge < -0.3 is 20.7 Å². The molecule has 1 aromatic rings. The van der Waals surface area contributed by atoms with Crippen LogP contribution < -0.4 is 11.1 Å². The van der Waals surface area contributed by atoms with E-state index in [1.54, 1.807) is 26.2 Å². The summed E-state index contributed by atoms with van der Waals surface area (Å²) in [4.78, 5) is 13.4. The highest BCUT2D eigenvalue weighted by Gasteiger charge is 2.22. The maximum Gasteiger partial charge on any atom is 0.253 e. The van der Waals surface area contributed by atoms with Crippen LogP contribution in [0.15, 0.2) is 18.2 Å². The maximum atomic E-state index is 11.9. The molecule has 1 aliphatic heterocycles. The first-order chi connectivity index (χ1) is 9.49. The Morgan fingerprint density at radius 3 is 2.80 bits per heavy atom. The summed E-state index contributed by atoms with van der Waals surface area (Å²) in [5.41, 5.74) is 8.07. The number of rotatable bonds is 4. The van der Waals surface area contributed by atoms with Crippen LogP contribution >= 0.6 is 0 Å². The molecule has 0 radical (unpaired) electrons. The number of nitrogens with zero attached hydrogens (tertiary/aromatic N) is 1. The summed E-state index contributed by atoms with van der Waals surface area (Å²) in [6, 6.07) is 5.57. The normalized spacial score (nSPS) is 19.6. The van der Waals surface area contributed by atoms with Gasteiger partial charge in [0.2, 0.25) is 0 Å². The van der Waals surface area contributed by atoms with Crippen LogP contribution in [0.3, 0.4) is 0 Å². The number of hydrogen-bond donors (Lipinski definition) is 2. The van der Waals surface area contributed by atoms with E-state index < -0.39 is 0 Å². The Morgan fingerprint density at radius 1 is 1.50 bits per heavy atom. The van der Waals surface area contributed by atoms with Crippen LogP contribution in [-0.4, -0.2) is 43.7 Å². The van der Waals surface area contributed by atoms with Crippen molar-refractivity contribution in [2.45, 2.75) is 31.9 Å². The van der Waals surface area contributed by atoms with Crippen LogP contribution in [0.5, 0.6) is 0 Å². The van der Waals surface area contributed by atoms with E-state index in [1.165, 1.54) is 4.90 Å². The van der Waals surface area contributed by atoms with Crippen molar-refractivity contribution in [3.8, 4) is 0 Å². The lowest BCUT2D eigenvalue weighted by atomic mass is 10.1. The molecule has 110 valence electrons. The van der Waals surface area contributed by atoms with Crippen molar-refractivity contribution in [2.24, 2.45) is 0 Å². The first-order valence-electron chi connectivity index (χ1n) is 6.98. The minimum Gasteiger partial charge on any atom is -0.397 e. The lowest BCUT2D eigenvalue weighted by Gasteiger charge is -2.22. The van der Waals surface area contributed by atoms with Crippen molar-refractivity contribution in [1.82, 2.24) is 4.90 Å². The molecule has 5 nitrogen and oxygen atoms in total. The average molecular weight is 277 g/mol. The Labute approximate surface area is 120 Å². The third-order valence-electron chi connectivity index (χ3n) is 3.61. The quantitative estimate of drug-likeness (QED) is 0.825. The van der Waals surface area contributed by atoms with Crippen molar-refractivity contribution in [3.05, 3.63) is 23.8 Å². The number of carbonyl (C=O) groups is 1. The van der Waals surface area contributed by atoms with Gasteiger partial charge in [-0.2, -0.15) is 0 Å². The summed E-state index contributed by atoms with van der Waals surface area (Å²) in [6.45, 7) is 2.93. The summed E-state index contributed by atoms with van der Waals surface area (Å²) in [6.07, 6.45) is 2.42. The molecule has 1 fully saturated rings. The lowest BCUT2D eigenvalue weighted by Crippen LogP contribution is -2.30. The van der Waals surface area contributed by atoms with E-state index in [-0.39, 0.29) is 18.1 Å². The highest BCUT2D eigenvalue weighted by molar-refractivity contribution is 5.95. The number of nitrogens with two attached hydrogens (primary N) is 1. The van der Waals surface area contributed by atoms with Gasteiger partial charge in [0.1, 0.15) is 0 Å². The molecule has 0 spiro atoms. The zero-order chi connectivity index (χ0) is 14.7. The molecule has 1 saturated heterocycles. The van der Waals surface area contributed by atoms with E-state index in [9.17, 15) is 4.79 Å². The second kappa shape index (κ2) is 6.13. The largest absolute Gasteiger partial charge is 0.397 e. The molecular weight excluding hydrogens is 254 g/mol. The van der Waals surface area contributed by atoms with E-state index in [2.05, 4.69) is 12.2 Å². The summed E-state index contributed by atoms with van der Waals surface area (Å²) in [5.74, 6) is -0.0459. The fourth-order valence-corrected chi connectivity index (χ4v) is 2.42. The molecule has 2 unspecified atom stereocenters. The van der Waals surface area contributed by atoms with Gasteiger partial charge in [-0.1, -0.05) is 0 Å². The number of hydrogen-bond acceptors (Lipinski definition) is 4. The highest BCUT2D eigenvalue weighted by Crippen LogP contribution is 2.24. The van der Waals surface area contributed by atoms with Gasteiger partial charge in [-0.15, -0.1) is 0 Å². The molecule has 0 bridgehead atoms. The van der Waals surface area contributed by atoms with Crippen molar-refractivity contribution in [3.63, 3.8) is 0 Å². The molecule has 1 heterocycles. The standard InChI is InChI=1S/C15H23N3O2/c1-10(14-5-4-8-20-14)17-13-7-6-11(9-12(13)16)15(19)18(2)3/h6-7,9-10,14,17H,4-5,8,16H2,1-3H3. The fraction of sp³-hybridized carbons (Fsp3) is 0.533. The van der Waals surface area contributed by atoms with Gasteiger partial charge >= 0.3 is 0 Å². The van der Waals surface area contributed by atoms with E-state index in [4.69, 9.17) is 10.5 Å². The maximum absolute atomic E-state index is 11.9. The van der Waals surface area contributed by atoms with Crippen molar-refractivity contribution >= 4 is 17.3 Å². The third kappa shape index (κ3) is 3.22. The molecule has 0 aliphatic carbocycles. The molecule has 3 N–H and O–H groups in total. The second-order valence-electron chi connectivity index (χ2n) is 5.49. The highest BCUT2D eigenvalue weighted by atomic mass is 16.5. The molecule has 0 saturated carbocycles. The Balaban J connectivity index is 2.07. The topological polar surface area (TPSA) is 67.6 Å². The molecule has 0 aromatic heterocycles. The zero-order valence-electron chi connectivity index (χ0n) is 12.3. The number of nitrogen functional groups attached to an aromatic ring is 1. The monoisotopic (exact) mass is 277 g/mol. The van der Waals surface area contributed by atoms with Crippen molar-refractivity contribution in [2.75, 3.05) is 31.8 Å². The van der Waals surface area contributed by atoms with Crippen LogP contribution in [0.2, 0.25) is 0 Å². The number of ether oxygens (including phenoxy) is 1. The SMILES string of the molecule is CC(Nc1ccc(C(=O)N(C)C)cc1N)C1CCCO1. The van der Waals surface area contributed by atoms with Crippen LogP contribution in [0.25, 0.3) is 0 Å². The van der Waals surface area contributed by atoms with Crippen LogP contribution in [0, 0.1) is 0 Å². The van der Waals surface area contributed by atoms with E-state index in [0.29, 0.717) is 11.3 Å². The van der Waals surface area contributed by atoms with Gasteiger partial charge in [-0.05, 0) is 38.0 Å². The lowest BCUT2D eigenvalue weighted by molar-refractivity contribution is 0.0827. The molecule has 2 rings (SSSR count). The average Bonchev–Trinajstić information content (AvgIpc) is 2.94. The zero-order valence-corrected chi connectivity index (χ0v) is 12.3. The summed E-state index contributed by atoms with van der Waals surface area (Å²) in [5, 5.41) is 3.37. The van der Waals surface area contributed by atoms with Gasteiger partial charge in [-0.3, -0.25) is 4.79 Å². The van der Waals surface area contributed by atoms with E-state index in [0.717, 1.165) is 25.1 Å². The van der Waals surface area contributed by atoms with Gasteiger partial charge in [0.15, 0.2) is 0 Å². The Hall–Kier alpha value is -1.75. The summed E-state index contributed by atoms with van der Waals surface area (Å²) >= 11 is 0. The first kappa shape index (κ1) is 14.7. The van der Waals surface area contributed by atoms with E-state index in [1.807, 2.05) is 6.07 Å². The number of amides is 1. The predicted octanol–water partition coefficient (Wildman–Crippen LogP) is 1.95. The molecular formula is C15H23N3O2. The summed E-state index contributed by atoms with van der Waals surface area (Å²) in [7, 11) is 3.45. The molecule has 2 atom stereocenters. The third-order valence-corrected chi connectivity index (χ3v) is 3.61. The van der Waals surface area contributed by atoms with Gasteiger partial charge in [0.25, 0.3) is 5.91 Å². The summed E-state index contributed by atoms with van der Waals surface area (Å²) < 4.78 is 5.66. The van der Waals surface area contributed by atoms with Crippen LogP contribution in [0.1, 0.15) is 30.1 Å². The number of anilines is 2. The van der Waals surface area contributed by atoms with Crippen molar-refractivity contribution < 1.29 is 9.53 Å². The molecule has 5 heteroatoms. The number of nitrogens with one attached hydrogen (secondary N) is 1. The van der Waals surface area contributed by atoms with Gasteiger partial charge in [-0.25, -0.2) is 0 Å². The van der Waals surface area contributed by atoms with Crippen LogP contribution in [0.4, 0.5) is 11.4 Å². The molecule has 1 aliphatic rings. The van der Waals surface area contributed by atoms with Gasteiger partial charge in [0.05, 0.1) is 17.5 Å². The first-order valence-corrected chi connectivity index (χ1v) is 6.98. The smallest absolute Gasteiger partial charge is 0.253 e. The molecule has 1 amide bonds. The molecule has 20 heavy (non-hydrogen) atoms. The van der Waals surface area contributed by atoms with Gasteiger partial charge in [0, 0.05) is 32.3 Å². The Kier molecular flexibility index (Phi) is 4.49. The Morgan fingerprint density at radius 2 is 2.25 bits per heavy atom. The Bertz CT molecular complexity index is 482. The fourth-order valence-electron chi connectivity index (χ4n) is 2.42. The predicted molar refractivity (Wildman–Crippen MR) is 80.9 cm³/mol.